The van der Waals surface area contributed by atoms with Crippen LogP contribution in [0.3, 0.4) is 0 Å². The summed E-state index contributed by atoms with van der Waals surface area (Å²) in [6, 6.07) is 8.62. The zero-order valence-corrected chi connectivity index (χ0v) is 11.7. The van der Waals surface area contributed by atoms with Crippen molar-refractivity contribution in [1.82, 2.24) is 0 Å². The highest BCUT2D eigenvalue weighted by Crippen LogP contribution is 2.29. The second kappa shape index (κ2) is 6.14. The van der Waals surface area contributed by atoms with Crippen LogP contribution in [0, 0.1) is 0 Å². The van der Waals surface area contributed by atoms with Crippen LogP contribution in [0.1, 0.15) is 23.2 Å². The third-order valence-electron chi connectivity index (χ3n) is 2.89. The molecule has 2 aromatic rings. The van der Waals surface area contributed by atoms with E-state index < -0.39 is 0 Å². The van der Waals surface area contributed by atoms with Gasteiger partial charge in [-0.25, -0.2) is 0 Å². The summed E-state index contributed by atoms with van der Waals surface area (Å²) in [6.45, 7) is 1.97. The van der Waals surface area contributed by atoms with Gasteiger partial charge in [0.05, 0.1) is 19.9 Å². The summed E-state index contributed by atoms with van der Waals surface area (Å²) >= 11 is 0. The van der Waals surface area contributed by atoms with Crippen LogP contribution >= 0.6 is 0 Å². The van der Waals surface area contributed by atoms with E-state index >= 15 is 0 Å². The monoisotopic (exact) mass is 275 g/mol. The van der Waals surface area contributed by atoms with Crippen molar-refractivity contribution in [2.45, 2.75) is 13.3 Å². The van der Waals surface area contributed by atoms with Gasteiger partial charge >= 0.3 is 0 Å². The van der Waals surface area contributed by atoms with E-state index in [0.717, 1.165) is 12.2 Å². The molecule has 1 amide bonds. The second-order valence-electron chi connectivity index (χ2n) is 4.14. The van der Waals surface area contributed by atoms with E-state index in [9.17, 15) is 4.79 Å². The highest BCUT2D eigenvalue weighted by atomic mass is 16.5. The minimum atomic E-state index is -0.312. The van der Waals surface area contributed by atoms with Gasteiger partial charge in [0.1, 0.15) is 17.3 Å². The number of hydrogen-bond donors (Lipinski definition) is 1. The van der Waals surface area contributed by atoms with Gasteiger partial charge in [-0.05, 0) is 24.3 Å². The molecule has 5 heteroatoms. The van der Waals surface area contributed by atoms with Crippen LogP contribution in [0.15, 0.2) is 34.7 Å². The Hall–Kier alpha value is -2.43. The third kappa shape index (κ3) is 2.93. The number of carbonyl (C=O) groups is 1. The minimum absolute atomic E-state index is 0.278. The molecule has 1 heterocycles. The van der Waals surface area contributed by atoms with E-state index in [0.29, 0.717) is 17.2 Å². The van der Waals surface area contributed by atoms with E-state index in [-0.39, 0.29) is 11.7 Å². The van der Waals surface area contributed by atoms with Gasteiger partial charge < -0.3 is 19.2 Å². The lowest BCUT2D eigenvalue weighted by Gasteiger charge is -2.10. The average Bonchev–Trinajstić information content (AvgIpc) is 2.96. The molecule has 1 N–H and O–H groups in total. The molecule has 0 fully saturated rings. The van der Waals surface area contributed by atoms with Gasteiger partial charge in [0.25, 0.3) is 5.91 Å². The Morgan fingerprint density at radius 1 is 1.20 bits per heavy atom. The maximum Gasteiger partial charge on any atom is 0.291 e. The lowest BCUT2D eigenvalue weighted by molar-refractivity contribution is 0.0994. The van der Waals surface area contributed by atoms with Crippen molar-refractivity contribution in [1.29, 1.82) is 0 Å². The number of amides is 1. The first-order valence-electron chi connectivity index (χ1n) is 6.30. The highest BCUT2D eigenvalue weighted by molar-refractivity contribution is 6.03. The largest absolute Gasteiger partial charge is 0.497 e. The van der Waals surface area contributed by atoms with Gasteiger partial charge in [-0.1, -0.05) is 6.92 Å². The Morgan fingerprint density at radius 2 is 2.00 bits per heavy atom. The van der Waals surface area contributed by atoms with Crippen LogP contribution in [0.25, 0.3) is 0 Å². The Bertz CT molecular complexity index is 604. The Kier molecular flexibility index (Phi) is 4.30. The van der Waals surface area contributed by atoms with Crippen LogP contribution < -0.4 is 14.8 Å². The molecule has 1 aromatic heterocycles. The van der Waals surface area contributed by atoms with E-state index in [2.05, 4.69) is 5.32 Å². The van der Waals surface area contributed by atoms with Crippen LogP contribution in [0.2, 0.25) is 0 Å². The molecule has 0 radical (unpaired) electrons. The van der Waals surface area contributed by atoms with E-state index in [1.807, 2.05) is 6.92 Å². The molecule has 0 spiro atoms. The van der Waals surface area contributed by atoms with Gasteiger partial charge in [-0.2, -0.15) is 0 Å². The van der Waals surface area contributed by atoms with Gasteiger partial charge in [0.2, 0.25) is 0 Å². The predicted octanol–water partition coefficient (Wildman–Crippen LogP) is 3.11. The fraction of sp³-hybridized carbons (Fsp3) is 0.267. The molecule has 0 bridgehead atoms. The topological polar surface area (TPSA) is 60.7 Å². The van der Waals surface area contributed by atoms with Crippen LogP contribution in [-0.2, 0) is 6.42 Å². The number of rotatable bonds is 5. The average molecular weight is 275 g/mol. The molecule has 2 rings (SSSR count). The fourth-order valence-corrected chi connectivity index (χ4v) is 1.78. The lowest BCUT2D eigenvalue weighted by Crippen LogP contribution is -2.11. The molecule has 0 aliphatic carbocycles. The molecular weight excluding hydrogens is 258 g/mol. The first-order valence-corrected chi connectivity index (χ1v) is 6.30. The number of furan rings is 1. The smallest absolute Gasteiger partial charge is 0.291 e. The van der Waals surface area contributed by atoms with Crippen molar-refractivity contribution in [2.24, 2.45) is 0 Å². The highest BCUT2D eigenvalue weighted by Gasteiger charge is 2.13. The summed E-state index contributed by atoms with van der Waals surface area (Å²) in [4.78, 5) is 12.1. The SMILES string of the molecule is CCc1ccc(C(=O)Nc2ccc(OC)cc2OC)o1. The Balaban J connectivity index is 2.18. The number of methoxy groups -OCH3 is 2. The van der Waals surface area contributed by atoms with Crippen molar-refractivity contribution >= 4 is 11.6 Å². The van der Waals surface area contributed by atoms with Gasteiger partial charge in [0, 0.05) is 12.5 Å². The van der Waals surface area contributed by atoms with Crippen molar-refractivity contribution in [2.75, 3.05) is 19.5 Å². The van der Waals surface area contributed by atoms with E-state index in [4.69, 9.17) is 13.9 Å². The number of ether oxygens (including phenoxy) is 2. The number of nitrogens with one attached hydrogen (secondary N) is 1. The summed E-state index contributed by atoms with van der Waals surface area (Å²) in [5.41, 5.74) is 0.563. The number of carbonyl (C=O) groups excluding carboxylic acids is 1. The predicted molar refractivity (Wildman–Crippen MR) is 75.6 cm³/mol. The second-order valence-corrected chi connectivity index (χ2v) is 4.14. The molecule has 0 unspecified atom stereocenters. The minimum Gasteiger partial charge on any atom is -0.497 e. The van der Waals surface area contributed by atoms with Crippen LogP contribution in [-0.4, -0.2) is 20.1 Å². The van der Waals surface area contributed by atoms with Crippen molar-refractivity contribution in [3.63, 3.8) is 0 Å². The fourth-order valence-electron chi connectivity index (χ4n) is 1.78. The zero-order chi connectivity index (χ0) is 14.5. The quantitative estimate of drug-likeness (QED) is 0.910. The lowest BCUT2D eigenvalue weighted by atomic mass is 10.2. The van der Waals surface area contributed by atoms with Gasteiger partial charge in [-0.3, -0.25) is 4.79 Å². The number of hydrogen-bond acceptors (Lipinski definition) is 4. The van der Waals surface area contributed by atoms with Gasteiger partial charge in [0.15, 0.2) is 5.76 Å². The Morgan fingerprint density at radius 3 is 2.60 bits per heavy atom. The summed E-state index contributed by atoms with van der Waals surface area (Å²) < 4.78 is 15.7. The van der Waals surface area contributed by atoms with Crippen molar-refractivity contribution < 1.29 is 18.7 Å². The molecule has 0 saturated carbocycles. The molecule has 0 aliphatic heterocycles. The molecule has 1 aromatic carbocycles. The number of aryl methyl sites for hydroxylation is 1. The van der Waals surface area contributed by atoms with Crippen LogP contribution in [0.4, 0.5) is 5.69 Å². The maximum atomic E-state index is 12.1. The number of anilines is 1. The molecular formula is C15H17NO4. The van der Waals surface area contributed by atoms with Crippen molar-refractivity contribution in [3.05, 3.63) is 41.9 Å². The summed E-state index contributed by atoms with van der Waals surface area (Å²) in [7, 11) is 3.11. The first kappa shape index (κ1) is 14.0. The van der Waals surface area contributed by atoms with Gasteiger partial charge in [-0.15, -0.1) is 0 Å². The molecule has 0 aliphatic rings. The van der Waals surface area contributed by atoms with Crippen LogP contribution in [0.5, 0.6) is 11.5 Å². The number of benzene rings is 1. The molecule has 0 atom stereocenters. The molecule has 5 nitrogen and oxygen atoms in total. The van der Waals surface area contributed by atoms with Crippen molar-refractivity contribution in [3.8, 4) is 11.5 Å². The summed E-state index contributed by atoms with van der Waals surface area (Å²) in [6.07, 6.45) is 0.749. The standard InChI is InChI=1S/C15H17NO4/c1-4-10-6-8-13(20-10)15(17)16-12-7-5-11(18-2)9-14(12)19-3/h5-9H,4H2,1-3H3,(H,16,17). The normalized spacial score (nSPS) is 10.2. The van der Waals surface area contributed by atoms with E-state index in [1.165, 1.54) is 7.11 Å². The van der Waals surface area contributed by atoms with E-state index in [1.54, 1.807) is 37.4 Å². The molecule has 0 saturated heterocycles. The maximum absolute atomic E-state index is 12.1. The summed E-state index contributed by atoms with van der Waals surface area (Å²) in [5.74, 6) is 1.93. The Labute approximate surface area is 117 Å². The third-order valence-corrected chi connectivity index (χ3v) is 2.89. The molecule has 106 valence electrons. The molecule has 20 heavy (non-hydrogen) atoms. The summed E-state index contributed by atoms with van der Waals surface area (Å²) in [5, 5.41) is 2.75. The zero-order valence-electron chi connectivity index (χ0n) is 11.7. The first-order chi connectivity index (χ1) is 9.67.